The highest BCUT2D eigenvalue weighted by Gasteiger charge is 2.10. The van der Waals surface area contributed by atoms with Crippen LogP contribution in [-0.2, 0) is 0 Å². The number of aliphatic hydroxyl groups excluding tert-OH is 1. The van der Waals surface area contributed by atoms with Gasteiger partial charge in [0.15, 0.2) is 0 Å². The van der Waals surface area contributed by atoms with Gasteiger partial charge in [0.05, 0.1) is 11.7 Å². The van der Waals surface area contributed by atoms with Crippen molar-refractivity contribution in [2.24, 2.45) is 5.73 Å². The lowest BCUT2D eigenvalue weighted by atomic mass is 10.2. The topological polar surface area (TPSA) is 59.1 Å². The van der Waals surface area contributed by atoms with Gasteiger partial charge in [0, 0.05) is 17.6 Å². The minimum absolute atomic E-state index is 0.0966. The number of hydrogen-bond donors (Lipinski definition) is 2. The van der Waals surface area contributed by atoms with Crippen molar-refractivity contribution in [2.75, 3.05) is 6.61 Å². The molecule has 1 atom stereocenters. The highest BCUT2D eigenvalue weighted by atomic mass is 32.1. The average Bonchev–Trinajstić information content (AvgIpc) is 2.80. The molecule has 3 nitrogen and oxygen atoms in total. The van der Waals surface area contributed by atoms with Crippen LogP contribution < -0.4 is 5.73 Å². The number of rotatable bonds is 4. The van der Waals surface area contributed by atoms with Crippen LogP contribution in [-0.4, -0.2) is 16.7 Å². The van der Waals surface area contributed by atoms with Gasteiger partial charge in [-0.25, -0.2) is 4.98 Å². The molecule has 0 spiro atoms. The molecule has 1 heterocycles. The van der Waals surface area contributed by atoms with E-state index in [0.717, 1.165) is 16.3 Å². The number of aromatic nitrogens is 1. The lowest BCUT2D eigenvalue weighted by molar-refractivity contribution is 0.276. The van der Waals surface area contributed by atoms with E-state index in [1.54, 1.807) is 11.3 Å². The van der Waals surface area contributed by atoms with Crippen LogP contribution in [0.4, 0.5) is 0 Å². The monoisotopic (exact) mass is 234 g/mol. The second-order valence-electron chi connectivity index (χ2n) is 3.56. The Kier molecular flexibility index (Phi) is 3.66. The van der Waals surface area contributed by atoms with Crippen LogP contribution in [0.25, 0.3) is 10.6 Å². The fraction of sp³-hybridized carbons (Fsp3) is 0.250. The maximum atomic E-state index is 8.82. The number of aliphatic hydroxyl groups is 1. The molecule has 1 aromatic carbocycles. The minimum atomic E-state index is -0.168. The molecule has 2 rings (SSSR count). The Bertz CT molecular complexity index is 441. The van der Waals surface area contributed by atoms with E-state index in [1.165, 1.54) is 0 Å². The van der Waals surface area contributed by atoms with E-state index in [9.17, 15) is 0 Å². The maximum absolute atomic E-state index is 8.82. The summed E-state index contributed by atoms with van der Waals surface area (Å²) in [4.78, 5) is 4.48. The zero-order valence-electron chi connectivity index (χ0n) is 8.84. The molecule has 0 amide bonds. The Hall–Kier alpha value is -1.23. The van der Waals surface area contributed by atoms with Crippen molar-refractivity contribution in [3.8, 4) is 10.6 Å². The lowest BCUT2D eigenvalue weighted by Crippen LogP contribution is -2.12. The smallest absolute Gasteiger partial charge is 0.123 e. The standard InChI is InChI=1S/C12H14N2OS/c13-10(6-7-15)11-8-16-12(14-11)9-4-2-1-3-5-9/h1-5,8,10,15H,6-7,13H2. The predicted octanol–water partition coefficient (Wildman–Crippen LogP) is 2.19. The van der Waals surface area contributed by atoms with Gasteiger partial charge in [-0.2, -0.15) is 0 Å². The molecule has 0 fully saturated rings. The van der Waals surface area contributed by atoms with E-state index in [-0.39, 0.29) is 12.6 Å². The summed E-state index contributed by atoms with van der Waals surface area (Å²) in [6.45, 7) is 0.0966. The Morgan fingerprint density at radius 3 is 2.75 bits per heavy atom. The molecule has 0 aliphatic rings. The van der Waals surface area contributed by atoms with Gasteiger partial charge in [-0.3, -0.25) is 0 Å². The molecule has 2 aromatic rings. The van der Waals surface area contributed by atoms with E-state index >= 15 is 0 Å². The van der Waals surface area contributed by atoms with Crippen molar-refractivity contribution in [1.29, 1.82) is 0 Å². The third-order valence-corrected chi connectivity index (χ3v) is 3.27. The summed E-state index contributed by atoms with van der Waals surface area (Å²) < 4.78 is 0. The first kappa shape index (κ1) is 11.3. The molecule has 3 N–H and O–H groups in total. The zero-order chi connectivity index (χ0) is 11.4. The molecular weight excluding hydrogens is 220 g/mol. The number of nitrogens with two attached hydrogens (primary N) is 1. The second-order valence-corrected chi connectivity index (χ2v) is 4.42. The Morgan fingerprint density at radius 2 is 2.06 bits per heavy atom. The minimum Gasteiger partial charge on any atom is -0.396 e. The summed E-state index contributed by atoms with van der Waals surface area (Å²) in [6, 6.07) is 9.85. The van der Waals surface area contributed by atoms with Gasteiger partial charge >= 0.3 is 0 Å². The number of thiazole rings is 1. The second kappa shape index (κ2) is 5.21. The van der Waals surface area contributed by atoms with Gasteiger partial charge < -0.3 is 10.8 Å². The van der Waals surface area contributed by atoms with Crippen LogP contribution in [0.15, 0.2) is 35.7 Å². The quantitative estimate of drug-likeness (QED) is 0.852. The Morgan fingerprint density at radius 1 is 1.31 bits per heavy atom. The molecule has 84 valence electrons. The fourth-order valence-electron chi connectivity index (χ4n) is 1.46. The molecule has 0 aliphatic carbocycles. The van der Waals surface area contributed by atoms with Crippen molar-refractivity contribution in [3.05, 3.63) is 41.4 Å². The van der Waals surface area contributed by atoms with Gasteiger partial charge in [0.2, 0.25) is 0 Å². The van der Waals surface area contributed by atoms with Crippen molar-refractivity contribution in [1.82, 2.24) is 4.98 Å². The molecule has 0 saturated carbocycles. The van der Waals surface area contributed by atoms with Crippen LogP contribution in [0.3, 0.4) is 0 Å². The van der Waals surface area contributed by atoms with E-state index in [4.69, 9.17) is 10.8 Å². The van der Waals surface area contributed by atoms with Gasteiger partial charge in [-0.05, 0) is 6.42 Å². The van der Waals surface area contributed by atoms with Gasteiger partial charge in [0.1, 0.15) is 5.01 Å². The fourth-order valence-corrected chi connectivity index (χ4v) is 2.35. The molecule has 0 radical (unpaired) electrons. The van der Waals surface area contributed by atoms with Crippen molar-refractivity contribution < 1.29 is 5.11 Å². The van der Waals surface area contributed by atoms with Gasteiger partial charge in [0.25, 0.3) is 0 Å². The van der Waals surface area contributed by atoms with Crippen LogP contribution in [0.5, 0.6) is 0 Å². The number of benzene rings is 1. The predicted molar refractivity (Wildman–Crippen MR) is 66.2 cm³/mol. The van der Waals surface area contributed by atoms with Crippen LogP contribution >= 0.6 is 11.3 Å². The number of hydrogen-bond acceptors (Lipinski definition) is 4. The highest BCUT2D eigenvalue weighted by Crippen LogP contribution is 2.26. The highest BCUT2D eigenvalue weighted by molar-refractivity contribution is 7.13. The van der Waals surface area contributed by atoms with E-state index in [2.05, 4.69) is 4.98 Å². The van der Waals surface area contributed by atoms with Crippen molar-refractivity contribution >= 4 is 11.3 Å². The maximum Gasteiger partial charge on any atom is 0.123 e. The van der Waals surface area contributed by atoms with Crippen LogP contribution in [0.1, 0.15) is 18.2 Å². The lowest BCUT2D eigenvalue weighted by Gasteiger charge is -2.04. The summed E-state index contributed by atoms with van der Waals surface area (Å²) in [7, 11) is 0. The first-order valence-corrected chi connectivity index (χ1v) is 6.06. The first-order chi connectivity index (χ1) is 7.81. The van der Waals surface area contributed by atoms with E-state index in [1.807, 2.05) is 35.7 Å². The first-order valence-electron chi connectivity index (χ1n) is 5.18. The molecular formula is C12H14N2OS. The normalized spacial score (nSPS) is 12.6. The summed E-state index contributed by atoms with van der Waals surface area (Å²) in [5.41, 5.74) is 7.85. The van der Waals surface area contributed by atoms with Crippen LogP contribution in [0.2, 0.25) is 0 Å². The zero-order valence-corrected chi connectivity index (χ0v) is 9.65. The van der Waals surface area contributed by atoms with Crippen molar-refractivity contribution in [3.63, 3.8) is 0 Å². The summed E-state index contributed by atoms with van der Waals surface area (Å²) >= 11 is 1.58. The summed E-state index contributed by atoms with van der Waals surface area (Å²) in [6.07, 6.45) is 0.554. The number of nitrogens with zero attached hydrogens (tertiary/aromatic N) is 1. The molecule has 4 heteroatoms. The summed E-state index contributed by atoms with van der Waals surface area (Å²) in [5.74, 6) is 0. The van der Waals surface area contributed by atoms with Crippen LogP contribution in [0, 0.1) is 0 Å². The van der Waals surface area contributed by atoms with Gasteiger partial charge in [-0.15, -0.1) is 11.3 Å². The average molecular weight is 234 g/mol. The third-order valence-electron chi connectivity index (χ3n) is 2.36. The molecule has 0 aliphatic heterocycles. The molecule has 0 bridgehead atoms. The van der Waals surface area contributed by atoms with Gasteiger partial charge in [-0.1, -0.05) is 30.3 Å². The molecule has 16 heavy (non-hydrogen) atoms. The van der Waals surface area contributed by atoms with E-state index in [0.29, 0.717) is 6.42 Å². The Labute approximate surface area is 98.6 Å². The molecule has 1 aromatic heterocycles. The molecule has 0 saturated heterocycles. The largest absolute Gasteiger partial charge is 0.396 e. The Balaban J connectivity index is 2.20. The summed E-state index contributed by atoms with van der Waals surface area (Å²) in [5, 5.41) is 11.8. The molecule has 1 unspecified atom stereocenters. The van der Waals surface area contributed by atoms with Crippen molar-refractivity contribution in [2.45, 2.75) is 12.5 Å². The third kappa shape index (κ3) is 2.47. The van der Waals surface area contributed by atoms with E-state index < -0.39 is 0 Å². The SMILES string of the molecule is NC(CCO)c1csc(-c2ccccc2)n1.